The summed E-state index contributed by atoms with van der Waals surface area (Å²) in [7, 11) is 0. The number of anilines is 1. The van der Waals surface area contributed by atoms with E-state index in [1.807, 2.05) is 37.4 Å². The van der Waals surface area contributed by atoms with Gasteiger partial charge in [0.15, 0.2) is 0 Å². The highest BCUT2D eigenvalue weighted by atomic mass is 32.2. The SMILES string of the molecule is Cc1cc(CSc2ncccc2C(=O)NCC(=O)Nc2ccc(-n3cccn3)cc2)no1. The van der Waals surface area contributed by atoms with Gasteiger partial charge in [-0.05, 0) is 49.4 Å². The lowest BCUT2D eigenvalue weighted by Crippen LogP contribution is -2.33. The number of nitrogens with zero attached hydrogens (tertiary/aromatic N) is 4. The molecule has 1 aromatic carbocycles. The molecule has 4 aromatic rings. The van der Waals surface area contributed by atoms with E-state index >= 15 is 0 Å². The Morgan fingerprint density at radius 3 is 2.69 bits per heavy atom. The molecule has 0 radical (unpaired) electrons. The molecule has 0 spiro atoms. The summed E-state index contributed by atoms with van der Waals surface area (Å²) in [6.45, 7) is 1.65. The number of rotatable bonds is 8. The van der Waals surface area contributed by atoms with Gasteiger partial charge in [-0.2, -0.15) is 5.10 Å². The first-order valence-electron chi connectivity index (χ1n) is 9.76. The van der Waals surface area contributed by atoms with E-state index < -0.39 is 0 Å². The van der Waals surface area contributed by atoms with Crippen molar-refractivity contribution >= 4 is 29.3 Å². The molecule has 0 saturated heterocycles. The van der Waals surface area contributed by atoms with Crippen LogP contribution >= 0.6 is 11.8 Å². The fourth-order valence-electron chi connectivity index (χ4n) is 2.89. The molecule has 4 rings (SSSR count). The smallest absolute Gasteiger partial charge is 0.254 e. The third kappa shape index (κ3) is 5.41. The summed E-state index contributed by atoms with van der Waals surface area (Å²) in [5.74, 6) is 0.535. The van der Waals surface area contributed by atoms with Gasteiger partial charge in [-0.3, -0.25) is 9.59 Å². The second-order valence-electron chi connectivity index (χ2n) is 6.80. The molecule has 0 bridgehead atoms. The van der Waals surface area contributed by atoms with Crippen LogP contribution in [-0.4, -0.2) is 38.3 Å². The van der Waals surface area contributed by atoms with Gasteiger partial charge in [-0.1, -0.05) is 16.9 Å². The van der Waals surface area contributed by atoms with Crippen molar-refractivity contribution in [2.45, 2.75) is 17.7 Å². The number of pyridine rings is 1. The van der Waals surface area contributed by atoms with Crippen molar-refractivity contribution in [3.05, 3.63) is 84.1 Å². The summed E-state index contributed by atoms with van der Waals surface area (Å²) in [6, 6.07) is 14.3. The zero-order valence-corrected chi connectivity index (χ0v) is 18.0. The standard InChI is InChI=1S/C22H20N6O3S/c1-15-12-17(27-31-15)14-32-22-19(4-2-9-23-22)21(30)24-13-20(29)26-16-5-7-18(8-6-16)28-11-3-10-25-28/h2-12H,13-14H2,1H3,(H,24,30)(H,26,29). The number of aromatic nitrogens is 4. The number of thioether (sulfide) groups is 1. The van der Waals surface area contributed by atoms with Gasteiger partial charge in [-0.15, -0.1) is 0 Å². The predicted octanol–water partition coefficient (Wildman–Crippen LogP) is 3.22. The van der Waals surface area contributed by atoms with Gasteiger partial charge in [-0.25, -0.2) is 9.67 Å². The fraction of sp³-hybridized carbons (Fsp3) is 0.136. The van der Waals surface area contributed by atoms with Gasteiger partial charge in [0, 0.05) is 36.1 Å². The molecule has 0 fully saturated rings. The van der Waals surface area contributed by atoms with Crippen LogP contribution in [0.2, 0.25) is 0 Å². The normalized spacial score (nSPS) is 10.7. The van der Waals surface area contributed by atoms with E-state index in [1.54, 1.807) is 41.3 Å². The first-order valence-corrected chi connectivity index (χ1v) is 10.8. The van der Waals surface area contributed by atoms with E-state index in [-0.39, 0.29) is 18.4 Å². The van der Waals surface area contributed by atoms with Crippen LogP contribution in [0, 0.1) is 6.92 Å². The lowest BCUT2D eigenvalue weighted by molar-refractivity contribution is -0.115. The first kappa shape index (κ1) is 21.3. The number of carbonyl (C=O) groups is 2. The highest BCUT2D eigenvalue weighted by molar-refractivity contribution is 7.98. The summed E-state index contributed by atoms with van der Waals surface area (Å²) in [6.07, 6.45) is 5.15. The van der Waals surface area contributed by atoms with Crippen LogP contribution in [0.25, 0.3) is 5.69 Å². The van der Waals surface area contributed by atoms with Crippen molar-refractivity contribution in [3.8, 4) is 5.69 Å². The van der Waals surface area contributed by atoms with E-state index in [0.29, 0.717) is 22.0 Å². The maximum absolute atomic E-state index is 12.6. The van der Waals surface area contributed by atoms with Crippen LogP contribution in [0.4, 0.5) is 5.69 Å². The monoisotopic (exact) mass is 448 g/mol. The van der Waals surface area contributed by atoms with Gasteiger partial charge in [0.05, 0.1) is 23.5 Å². The Bertz CT molecular complexity index is 1200. The van der Waals surface area contributed by atoms with E-state index in [9.17, 15) is 9.59 Å². The van der Waals surface area contributed by atoms with Crippen LogP contribution in [0.5, 0.6) is 0 Å². The van der Waals surface area contributed by atoms with Crippen LogP contribution in [0.15, 0.2) is 76.7 Å². The molecule has 0 aliphatic rings. The summed E-state index contributed by atoms with van der Waals surface area (Å²) in [5, 5.41) is 14.1. The molecule has 3 heterocycles. The molecule has 3 aromatic heterocycles. The number of carbonyl (C=O) groups excluding carboxylic acids is 2. The Morgan fingerprint density at radius 2 is 1.97 bits per heavy atom. The molecule has 2 N–H and O–H groups in total. The number of aryl methyl sites for hydroxylation is 1. The highest BCUT2D eigenvalue weighted by Gasteiger charge is 2.15. The van der Waals surface area contributed by atoms with Crippen LogP contribution in [0.1, 0.15) is 21.8 Å². The first-order chi connectivity index (χ1) is 15.6. The van der Waals surface area contributed by atoms with Gasteiger partial charge >= 0.3 is 0 Å². The van der Waals surface area contributed by atoms with Crippen LogP contribution in [-0.2, 0) is 10.5 Å². The fourth-order valence-corrected chi connectivity index (χ4v) is 3.76. The van der Waals surface area contributed by atoms with Crippen molar-refractivity contribution < 1.29 is 14.1 Å². The Labute approximate surface area is 188 Å². The van der Waals surface area contributed by atoms with E-state index in [4.69, 9.17) is 4.52 Å². The maximum atomic E-state index is 12.6. The van der Waals surface area contributed by atoms with Gasteiger partial charge in [0.25, 0.3) is 5.91 Å². The third-order valence-corrected chi connectivity index (χ3v) is 5.42. The average molecular weight is 449 g/mol. The quantitative estimate of drug-likeness (QED) is 0.398. The minimum atomic E-state index is -0.374. The maximum Gasteiger partial charge on any atom is 0.254 e. The molecule has 0 aliphatic heterocycles. The van der Waals surface area contributed by atoms with E-state index in [1.165, 1.54) is 11.8 Å². The van der Waals surface area contributed by atoms with Crippen LogP contribution < -0.4 is 10.6 Å². The molecular weight excluding hydrogens is 428 g/mol. The van der Waals surface area contributed by atoms with Gasteiger partial charge in [0.2, 0.25) is 5.91 Å². The number of nitrogens with one attached hydrogen (secondary N) is 2. The molecule has 0 aliphatic carbocycles. The molecular formula is C22H20N6O3S. The highest BCUT2D eigenvalue weighted by Crippen LogP contribution is 2.24. The number of benzene rings is 1. The second kappa shape index (κ2) is 9.92. The Balaban J connectivity index is 1.31. The minimum Gasteiger partial charge on any atom is -0.361 e. The number of hydrogen-bond donors (Lipinski definition) is 2. The Kier molecular flexibility index (Phi) is 6.61. The summed E-state index contributed by atoms with van der Waals surface area (Å²) >= 11 is 1.38. The van der Waals surface area contributed by atoms with E-state index in [0.717, 1.165) is 17.1 Å². The lowest BCUT2D eigenvalue weighted by Gasteiger charge is -2.10. The predicted molar refractivity (Wildman–Crippen MR) is 120 cm³/mol. The van der Waals surface area contributed by atoms with Crippen molar-refractivity contribution in [1.82, 2.24) is 25.2 Å². The number of hydrogen-bond acceptors (Lipinski definition) is 7. The van der Waals surface area contributed by atoms with E-state index in [2.05, 4.69) is 25.9 Å². The summed E-state index contributed by atoms with van der Waals surface area (Å²) in [4.78, 5) is 29.2. The summed E-state index contributed by atoms with van der Waals surface area (Å²) < 4.78 is 6.78. The lowest BCUT2D eigenvalue weighted by atomic mass is 10.2. The van der Waals surface area contributed by atoms with Crippen molar-refractivity contribution in [3.63, 3.8) is 0 Å². The van der Waals surface area contributed by atoms with Crippen molar-refractivity contribution in [2.24, 2.45) is 0 Å². The Morgan fingerprint density at radius 1 is 1.12 bits per heavy atom. The van der Waals surface area contributed by atoms with Crippen molar-refractivity contribution in [1.29, 1.82) is 0 Å². The third-order valence-electron chi connectivity index (χ3n) is 4.38. The zero-order valence-electron chi connectivity index (χ0n) is 17.2. The average Bonchev–Trinajstić information content (AvgIpc) is 3.49. The molecule has 32 heavy (non-hydrogen) atoms. The molecule has 10 heteroatoms. The summed E-state index contributed by atoms with van der Waals surface area (Å²) in [5.41, 5.74) is 2.67. The molecule has 162 valence electrons. The van der Waals surface area contributed by atoms with Gasteiger partial charge in [0.1, 0.15) is 10.8 Å². The molecule has 0 saturated carbocycles. The topological polar surface area (TPSA) is 115 Å². The van der Waals surface area contributed by atoms with Gasteiger partial charge < -0.3 is 15.2 Å². The molecule has 0 unspecified atom stereocenters. The molecule has 9 nitrogen and oxygen atoms in total. The largest absolute Gasteiger partial charge is 0.361 e. The Hall–Kier alpha value is -3.92. The zero-order chi connectivity index (χ0) is 22.3. The molecule has 2 amide bonds. The minimum absolute atomic E-state index is 0.165. The second-order valence-corrected chi connectivity index (χ2v) is 7.77. The number of amides is 2. The van der Waals surface area contributed by atoms with Crippen molar-refractivity contribution in [2.75, 3.05) is 11.9 Å². The van der Waals surface area contributed by atoms with Crippen LogP contribution in [0.3, 0.4) is 0 Å². The molecule has 0 atom stereocenters.